The van der Waals surface area contributed by atoms with Crippen molar-refractivity contribution in [2.75, 3.05) is 0 Å². The molecule has 0 radical (unpaired) electrons. The average Bonchev–Trinajstić information content (AvgIpc) is 2.59. The Hall–Kier alpha value is -1.88. The van der Waals surface area contributed by atoms with Crippen LogP contribution in [0.3, 0.4) is 0 Å². The van der Waals surface area contributed by atoms with E-state index in [4.69, 9.17) is 5.11 Å². The van der Waals surface area contributed by atoms with Gasteiger partial charge in [0.2, 0.25) is 0 Å². The minimum Gasteiger partial charge on any atom is -0.477 e. The summed E-state index contributed by atoms with van der Waals surface area (Å²) >= 11 is 0. The zero-order chi connectivity index (χ0) is 11.9. The van der Waals surface area contributed by atoms with Gasteiger partial charge in [0.25, 0.3) is 0 Å². The number of hydrogen-bond acceptors (Lipinski definition) is 2. The first-order valence-corrected chi connectivity index (χ1v) is 4.72. The minimum absolute atomic E-state index is 0.0255. The molecule has 5 heteroatoms. The van der Waals surface area contributed by atoms with Gasteiger partial charge in [-0.2, -0.15) is 0 Å². The van der Waals surface area contributed by atoms with Gasteiger partial charge in [-0.1, -0.05) is 0 Å². The van der Waals surface area contributed by atoms with E-state index in [1.54, 1.807) is 0 Å². The van der Waals surface area contributed by atoms with Crippen LogP contribution in [-0.2, 0) is 0 Å². The van der Waals surface area contributed by atoms with Gasteiger partial charge in [-0.15, -0.1) is 0 Å². The van der Waals surface area contributed by atoms with Crippen LogP contribution in [0.25, 0.3) is 10.9 Å². The number of H-pyrrole nitrogens is 1. The molecule has 0 spiro atoms. The highest BCUT2D eigenvalue weighted by Crippen LogP contribution is 2.26. The fraction of sp³-hybridized carbons (Fsp3) is 0.182. The quantitative estimate of drug-likeness (QED) is 0.729. The molecule has 2 aromatic rings. The van der Waals surface area contributed by atoms with E-state index < -0.39 is 17.9 Å². The summed E-state index contributed by atoms with van der Waals surface area (Å²) < 4.78 is 13.2. The summed E-state index contributed by atoms with van der Waals surface area (Å²) in [6, 6.07) is 3.79. The van der Waals surface area contributed by atoms with Crippen LogP contribution in [-0.4, -0.2) is 21.2 Å². The number of rotatable bonds is 2. The Morgan fingerprint density at radius 2 is 2.12 bits per heavy atom. The molecule has 0 bridgehead atoms. The number of carboxylic acid groups (broad SMARTS) is 1. The van der Waals surface area contributed by atoms with E-state index >= 15 is 0 Å². The maximum Gasteiger partial charge on any atom is 0.352 e. The molecule has 0 saturated heterocycles. The van der Waals surface area contributed by atoms with Crippen molar-refractivity contribution in [3.8, 4) is 0 Å². The highest BCUT2D eigenvalue weighted by atomic mass is 19.1. The lowest BCUT2D eigenvalue weighted by Gasteiger charge is -2.06. The number of carbonyl (C=O) groups is 1. The smallest absolute Gasteiger partial charge is 0.352 e. The van der Waals surface area contributed by atoms with E-state index in [0.29, 0.717) is 16.5 Å². The minimum atomic E-state index is -1.12. The standard InChI is InChI=1S/C11H10FNO3/c1-5(14)7-2-6(12)3-9-8(7)4-10(13-9)11(15)16/h2-5,13-14H,1H3,(H,15,16)/t5-/m1/s1. The maximum absolute atomic E-state index is 13.2. The average molecular weight is 223 g/mol. The molecular formula is C11H10FNO3. The van der Waals surface area contributed by atoms with Crippen molar-refractivity contribution in [2.24, 2.45) is 0 Å². The van der Waals surface area contributed by atoms with Crippen LogP contribution < -0.4 is 0 Å². The highest BCUT2D eigenvalue weighted by Gasteiger charge is 2.14. The van der Waals surface area contributed by atoms with Gasteiger partial charge >= 0.3 is 5.97 Å². The largest absolute Gasteiger partial charge is 0.477 e. The van der Waals surface area contributed by atoms with Gasteiger partial charge in [0.1, 0.15) is 11.5 Å². The highest BCUT2D eigenvalue weighted by molar-refractivity contribution is 5.95. The Kier molecular flexibility index (Phi) is 2.40. The van der Waals surface area contributed by atoms with Crippen molar-refractivity contribution in [1.82, 2.24) is 4.98 Å². The molecule has 1 aromatic carbocycles. The van der Waals surface area contributed by atoms with Crippen LogP contribution >= 0.6 is 0 Å². The van der Waals surface area contributed by atoms with Gasteiger partial charge in [-0.3, -0.25) is 0 Å². The molecule has 0 aliphatic rings. The molecule has 16 heavy (non-hydrogen) atoms. The normalized spacial score (nSPS) is 12.9. The summed E-state index contributed by atoms with van der Waals surface area (Å²) in [5.74, 6) is -1.63. The van der Waals surface area contributed by atoms with Crippen molar-refractivity contribution in [2.45, 2.75) is 13.0 Å². The molecule has 1 atom stereocenters. The second kappa shape index (κ2) is 3.61. The molecule has 0 unspecified atom stereocenters. The summed E-state index contributed by atoms with van der Waals surface area (Å²) in [4.78, 5) is 13.3. The van der Waals surface area contributed by atoms with Crippen LogP contribution in [0.15, 0.2) is 18.2 Å². The molecule has 4 nitrogen and oxygen atoms in total. The number of aromatic carboxylic acids is 1. The second-order valence-corrected chi connectivity index (χ2v) is 3.62. The molecule has 0 aliphatic heterocycles. The summed E-state index contributed by atoms with van der Waals surface area (Å²) in [6.07, 6.45) is -0.851. The number of aromatic amines is 1. The number of aliphatic hydroxyl groups is 1. The Balaban J connectivity index is 2.75. The third kappa shape index (κ3) is 1.65. The first-order valence-electron chi connectivity index (χ1n) is 4.72. The number of aromatic nitrogens is 1. The van der Waals surface area contributed by atoms with Gasteiger partial charge in [0.15, 0.2) is 0 Å². The van der Waals surface area contributed by atoms with Crippen LogP contribution in [0.5, 0.6) is 0 Å². The topological polar surface area (TPSA) is 73.3 Å². The molecule has 0 saturated carbocycles. The lowest BCUT2D eigenvalue weighted by molar-refractivity contribution is 0.0691. The molecule has 2 rings (SSSR count). The van der Waals surface area contributed by atoms with Crippen molar-refractivity contribution < 1.29 is 19.4 Å². The Morgan fingerprint density at radius 3 is 2.69 bits per heavy atom. The number of hydrogen-bond donors (Lipinski definition) is 3. The van der Waals surface area contributed by atoms with Crippen molar-refractivity contribution in [3.05, 3.63) is 35.3 Å². The number of aliphatic hydroxyl groups excluding tert-OH is 1. The Labute approximate surface area is 90.3 Å². The molecular weight excluding hydrogens is 213 g/mol. The summed E-state index contributed by atoms with van der Waals surface area (Å²) in [5, 5.41) is 18.8. The van der Waals surface area contributed by atoms with Crippen molar-refractivity contribution in [3.63, 3.8) is 0 Å². The molecule has 0 fully saturated rings. The maximum atomic E-state index is 13.2. The lowest BCUT2D eigenvalue weighted by Crippen LogP contribution is -1.94. The number of benzene rings is 1. The van der Waals surface area contributed by atoms with Gasteiger partial charge < -0.3 is 15.2 Å². The van der Waals surface area contributed by atoms with E-state index in [9.17, 15) is 14.3 Å². The van der Waals surface area contributed by atoms with E-state index in [-0.39, 0.29) is 5.69 Å². The number of carboxylic acids is 1. The van der Waals surface area contributed by atoms with E-state index in [1.807, 2.05) is 0 Å². The van der Waals surface area contributed by atoms with E-state index in [1.165, 1.54) is 25.1 Å². The summed E-state index contributed by atoms with van der Waals surface area (Å²) in [6.45, 7) is 1.50. The molecule has 84 valence electrons. The van der Waals surface area contributed by atoms with Gasteiger partial charge in [-0.05, 0) is 30.7 Å². The number of nitrogens with one attached hydrogen (secondary N) is 1. The third-order valence-electron chi connectivity index (χ3n) is 2.42. The zero-order valence-corrected chi connectivity index (χ0v) is 8.49. The summed E-state index contributed by atoms with van der Waals surface area (Å²) in [7, 11) is 0. The van der Waals surface area contributed by atoms with Gasteiger partial charge in [-0.25, -0.2) is 9.18 Å². The predicted octanol–water partition coefficient (Wildman–Crippen LogP) is 2.06. The number of fused-ring (bicyclic) bond motifs is 1. The van der Waals surface area contributed by atoms with Crippen LogP contribution in [0.4, 0.5) is 4.39 Å². The second-order valence-electron chi connectivity index (χ2n) is 3.62. The monoisotopic (exact) mass is 223 g/mol. The fourth-order valence-electron chi connectivity index (χ4n) is 1.69. The van der Waals surface area contributed by atoms with Crippen molar-refractivity contribution >= 4 is 16.9 Å². The predicted molar refractivity (Wildman–Crippen MR) is 55.8 cm³/mol. The van der Waals surface area contributed by atoms with Crippen molar-refractivity contribution in [1.29, 1.82) is 0 Å². The molecule has 0 aliphatic carbocycles. The van der Waals surface area contributed by atoms with Crippen LogP contribution in [0.2, 0.25) is 0 Å². The first-order chi connectivity index (χ1) is 7.49. The molecule has 3 N–H and O–H groups in total. The third-order valence-corrected chi connectivity index (χ3v) is 2.42. The SMILES string of the molecule is C[C@@H](O)c1cc(F)cc2[nH]c(C(=O)O)cc12. The Bertz CT molecular complexity index is 560. The van der Waals surface area contributed by atoms with Crippen LogP contribution in [0.1, 0.15) is 29.1 Å². The van der Waals surface area contributed by atoms with E-state index in [0.717, 1.165) is 0 Å². The van der Waals surface area contributed by atoms with Gasteiger partial charge in [0.05, 0.1) is 6.10 Å². The Morgan fingerprint density at radius 1 is 1.44 bits per heavy atom. The van der Waals surface area contributed by atoms with Crippen LogP contribution in [0, 0.1) is 5.82 Å². The number of halogens is 1. The molecule has 1 aromatic heterocycles. The fourth-order valence-corrected chi connectivity index (χ4v) is 1.69. The zero-order valence-electron chi connectivity index (χ0n) is 8.49. The lowest BCUT2D eigenvalue weighted by atomic mass is 10.1. The molecule has 1 heterocycles. The first kappa shape index (κ1) is 10.6. The van der Waals surface area contributed by atoms with Gasteiger partial charge in [0, 0.05) is 10.9 Å². The molecule has 0 amide bonds. The van der Waals surface area contributed by atoms with E-state index in [2.05, 4.69) is 4.98 Å². The summed E-state index contributed by atoms with van der Waals surface area (Å²) in [5.41, 5.74) is 0.717.